The highest BCUT2D eigenvalue weighted by Crippen LogP contribution is 2.19. The fraction of sp³-hybridized carbons (Fsp3) is 0.231. The van der Waals surface area contributed by atoms with Gasteiger partial charge in [-0.2, -0.15) is 11.3 Å². The van der Waals surface area contributed by atoms with Gasteiger partial charge in [-0.3, -0.25) is 0 Å². The van der Waals surface area contributed by atoms with Crippen LogP contribution in [0.3, 0.4) is 0 Å². The fourth-order valence-corrected chi connectivity index (χ4v) is 3.12. The molecule has 0 radical (unpaired) electrons. The van der Waals surface area contributed by atoms with Gasteiger partial charge in [0.05, 0.1) is 0 Å². The summed E-state index contributed by atoms with van der Waals surface area (Å²) >= 11 is 5.15. The summed E-state index contributed by atoms with van der Waals surface area (Å²) in [5.74, 6) is 0.808. The number of hydrogen-bond donors (Lipinski definition) is 1. The summed E-state index contributed by atoms with van der Waals surface area (Å²) in [6.07, 6.45) is 6.57. The lowest BCUT2D eigenvalue weighted by molar-refractivity contribution is 0.785. The summed E-state index contributed by atoms with van der Waals surface area (Å²) < 4.78 is 2.75. The first-order chi connectivity index (χ1) is 9.22. The summed E-state index contributed by atoms with van der Waals surface area (Å²) in [6.45, 7) is 2.15. The topological polar surface area (TPSA) is 42.2 Å². The van der Waals surface area contributed by atoms with Crippen LogP contribution in [0.1, 0.15) is 12.5 Å². The fourth-order valence-electron chi connectivity index (χ4n) is 2.04. The molecule has 4 nitrogen and oxygen atoms in total. The van der Waals surface area contributed by atoms with Gasteiger partial charge in [0, 0.05) is 24.6 Å². The van der Waals surface area contributed by atoms with Crippen LogP contribution in [0.4, 0.5) is 5.82 Å². The van der Waals surface area contributed by atoms with Gasteiger partial charge in [-0.25, -0.2) is 9.97 Å². The van der Waals surface area contributed by atoms with E-state index in [1.54, 1.807) is 17.5 Å². The van der Waals surface area contributed by atoms with Crippen molar-refractivity contribution in [3.63, 3.8) is 0 Å². The number of fused-ring (bicyclic) bond motifs is 1. The Hall–Kier alpha value is -1.40. The third-order valence-corrected chi connectivity index (χ3v) is 3.96. The zero-order valence-electron chi connectivity index (χ0n) is 10.4. The summed E-state index contributed by atoms with van der Waals surface area (Å²) in [6, 6.07) is 2.46. The smallest absolute Gasteiger partial charge is 0.180 e. The first-order valence-electron chi connectivity index (χ1n) is 5.99. The van der Waals surface area contributed by atoms with Gasteiger partial charge in [-0.1, -0.05) is 0 Å². The number of hydrogen-bond acceptors (Lipinski definition) is 4. The Kier molecular flexibility index (Phi) is 3.52. The lowest BCUT2D eigenvalue weighted by Gasteiger charge is -2.14. The molecule has 1 atom stereocenters. The van der Waals surface area contributed by atoms with Crippen molar-refractivity contribution >= 4 is 38.7 Å². The third kappa shape index (κ3) is 2.79. The molecule has 0 amide bonds. The lowest BCUT2D eigenvalue weighted by Crippen LogP contribution is -2.19. The standard InChI is InChI=1S/C13H13BrN4S/c1-9(6-10-2-5-19-8-10)16-12-13-15-3-4-18(13)7-11(14)17-12/h2-5,7-9H,6H2,1H3,(H,16,17). The minimum Gasteiger partial charge on any atom is -0.364 e. The number of nitrogens with one attached hydrogen (secondary N) is 1. The molecule has 0 spiro atoms. The van der Waals surface area contributed by atoms with E-state index in [1.165, 1.54) is 5.56 Å². The zero-order chi connectivity index (χ0) is 13.2. The minimum absolute atomic E-state index is 0.303. The zero-order valence-corrected chi connectivity index (χ0v) is 12.8. The van der Waals surface area contributed by atoms with Gasteiger partial charge in [0.2, 0.25) is 0 Å². The molecule has 1 N–H and O–H groups in total. The predicted octanol–water partition coefficient (Wildman–Crippen LogP) is 3.60. The molecule has 3 rings (SSSR count). The molecule has 0 aromatic carbocycles. The monoisotopic (exact) mass is 336 g/mol. The van der Waals surface area contributed by atoms with Crippen LogP contribution in [-0.2, 0) is 6.42 Å². The Morgan fingerprint density at radius 2 is 2.42 bits per heavy atom. The molecule has 6 heteroatoms. The number of halogens is 1. The van der Waals surface area contributed by atoms with E-state index in [0.717, 1.165) is 22.5 Å². The molecule has 98 valence electrons. The van der Waals surface area contributed by atoms with Gasteiger partial charge in [0.1, 0.15) is 4.60 Å². The molecule has 0 aliphatic rings. The number of aromatic nitrogens is 3. The number of thiophene rings is 1. The van der Waals surface area contributed by atoms with Gasteiger partial charge in [0.15, 0.2) is 11.5 Å². The largest absolute Gasteiger partial charge is 0.364 e. The van der Waals surface area contributed by atoms with Crippen molar-refractivity contribution in [2.24, 2.45) is 0 Å². The van der Waals surface area contributed by atoms with Crippen LogP contribution < -0.4 is 5.32 Å². The first-order valence-corrected chi connectivity index (χ1v) is 7.73. The number of anilines is 1. The van der Waals surface area contributed by atoms with Gasteiger partial charge >= 0.3 is 0 Å². The Bertz CT molecular complexity index is 677. The molecule has 3 aromatic heterocycles. The predicted molar refractivity (Wildman–Crippen MR) is 81.8 cm³/mol. The average molecular weight is 337 g/mol. The highest BCUT2D eigenvalue weighted by molar-refractivity contribution is 9.10. The van der Waals surface area contributed by atoms with Crippen LogP contribution in [0.5, 0.6) is 0 Å². The Morgan fingerprint density at radius 3 is 3.21 bits per heavy atom. The molecule has 0 fully saturated rings. The molecular weight excluding hydrogens is 324 g/mol. The van der Waals surface area contributed by atoms with E-state index in [9.17, 15) is 0 Å². The maximum absolute atomic E-state index is 4.47. The van der Waals surface area contributed by atoms with E-state index in [0.29, 0.717) is 6.04 Å². The lowest BCUT2D eigenvalue weighted by atomic mass is 10.1. The molecule has 19 heavy (non-hydrogen) atoms. The van der Waals surface area contributed by atoms with Gasteiger partial charge in [0.25, 0.3) is 0 Å². The SMILES string of the molecule is CC(Cc1ccsc1)Nc1nc(Br)cn2ccnc12. The van der Waals surface area contributed by atoms with Crippen LogP contribution in [0.2, 0.25) is 0 Å². The second kappa shape index (κ2) is 5.30. The van der Waals surface area contributed by atoms with Crippen LogP contribution in [-0.4, -0.2) is 20.4 Å². The molecule has 0 aliphatic heterocycles. The van der Waals surface area contributed by atoms with E-state index >= 15 is 0 Å². The van der Waals surface area contributed by atoms with Crippen LogP contribution in [0.15, 0.2) is 40.0 Å². The number of rotatable bonds is 4. The Morgan fingerprint density at radius 1 is 1.53 bits per heavy atom. The normalized spacial score (nSPS) is 12.7. The van der Waals surface area contributed by atoms with Crippen LogP contribution in [0.25, 0.3) is 5.65 Å². The molecule has 3 heterocycles. The van der Waals surface area contributed by atoms with E-state index in [2.05, 4.69) is 55.0 Å². The Balaban J connectivity index is 1.82. The number of imidazole rings is 1. The molecule has 0 aliphatic carbocycles. The maximum Gasteiger partial charge on any atom is 0.180 e. The molecule has 0 saturated carbocycles. The summed E-state index contributed by atoms with van der Waals surface area (Å²) in [5, 5.41) is 7.71. The van der Waals surface area contributed by atoms with Crippen molar-refractivity contribution in [2.75, 3.05) is 5.32 Å². The van der Waals surface area contributed by atoms with E-state index in [1.807, 2.05) is 16.8 Å². The summed E-state index contributed by atoms with van der Waals surface area (Å²) in [4.78, 5) is 8.80. The molecule has 0 saturated heterocycles. The van der Waals surface area contributed by atoms with Gasteiger partial charge in [-0.05, 0) is 51.7 Å². The maximum atomic E-state index is 4.47. The summed E-state index contributed by atoms with van der Waals surface area (Å²) in [7, 11) is 0. The van der Waals surface area contributed by atoms with Gasteiger partial charge < -0.3 is 9.72 Å². The molecule has 3 aromatic rings. The van der Waals surface area contributed by atoms with E-state index in [4.69, 9.17) is 0 Å². The van der Waals surface area contributed by atoms with Crippen molar-refractivity contribution in [1.29, 1.82) is 0 Å². The van der Waals surface area contributed by atoms with Crippen molar-refractivity contribution < 1.29 is 0 Å². The highest BCUT2D eigenvalue weighted by Gasteiger charge is 2.10. The molecule has 1 unspecified atom stereocenters. The minimum atomic E-state index is 0.303. The average Bonchev–Trinajstić information content (AvgIpc) is 2.99. The van der Waals surface area contributed by atoms with Gasteiger partial charge in [-0.15, -0.1) is 0 Å². The third-order valence-electron chi connectivity index (χ3n) is 2.85. The molecular formula is C13H13BrN4S. The quantitative estimate of drug-likeness (QED) is 0.791. The second-order valence-electron chi connectivity index (χ2n) is 4.45. The van der Waals surface area contributed by atoms with Crippen molar-refractivity contribution in [3.05, 3.63) is 45.6 Å². The second-order valence-corrected chi connectivity index (χ2v) is 6.04. The van der Waals surface area contributed by atoms with E-state index in [-0.39, 0.29) is 0 Å². The van der Waals surface area contributed by atoms with E-state index < -0.39 is 0 Å². The van der Waals surface area contributed by atoms with Crippen LogP contribution in [0, 0.1) is 0 Å². The van der Waals surface area contributed by atoms with Crippen molar-refractivity contribution in [2.45, 2.75) is 19.4 Å². The Labute approximate surface area is 123 Å². The molecule has 0 bridgehead atoms. The van der Waals surface area contributed by atoms with Crippen molar-refractivity contribution in [1.82, 2.24) is 14.4 Å². The van der Waals surface area contributed by atoms with Crippen LogP contribution >= 0.6 is 27.3 Å². The summed E-state index contributed by atoms with van der Waals surface area (Å²) in [5.41, 5.74) is 2.19. The number of nitrogens with zero attached hydrogens (tertiary/aromatic N) is 3. The van der Waals surface area contributed by atoms with Crippen molar-refractivity contribution in [3.8, 4) is 0 Å². The first kappa shape index (κ1) is 12.6. The highest BCUT2D eigenvalue weighted by atomic mass is 79.9.